The van der Waals surface area contributed by atoms with Crippen molar-refractivity contribution in [3.05, 3.63) is 70.4 Å². The second-order valence-electron chi connectivity index (χ2n) is 6.65. The Labute approximate surface area is 172 Å². The van der Waals surface area contributed by atoms with E-state index in [0.717, 1.165) is 16.3 Å². The summed E-state index contributed by atoms with van der Waals surface area (Å²) in [6, 6.07) is 14.3. The fourth-order valence-electron chi connectivity index (χ4n) is 3.28. The number of hydrogen-bond donors (Lipinski definition) is 0. The summed E-state index contributed by atoms with van der Waals surface area (Å²) in [5.74, 6) is -0.166. The first-order chi connectivity index (χ1) is 13.6. The summed E-state index contributed by atoms with van der Waals surface area (Å²) in [6.07, 6.45) is 0.282. The van der Waals surface area contributed by atoms with Crippen molar-refractivity contribution < 1.29 is 9.18 Å². The number of rotatable bonds is 4. The standard InChI is InChI=1S/C21H19ClFN3OS/c22-16-7-5-15(6-8-16)21-24-17(14-28-21)13-20(27)26-11-9-25(10-12-26)19-4-2-1-3-18(19)23/h1-8,14H,9-13H2. The fraction of sp³-hybridized carbons (Fsp3) is 0.238. The van der Waals surface area contributed by atoms with Crippen LogP contribution < -0.4 is 4.90 Å². The van der Waals surface area contributed by atoms with Gasteiger partial charge in [0.25, 0.3) is 0 Å². The summed E-state index contributed by atoms with van der Waals surface area (Å²) in [4.78, 5) is 21.1. The molecule has 7 heteroatoms. The van der Waals surface area contributed by atoms with Gasteiger partial charge in [-0.15, -0.1) is 11.3 Å². The van der Waals surface area contributed by atoms with Crippen LogP contribution in [-0.2, 0) is 11.2 Å². The molecule has 1 amide bonds. The average molecular weight is 416 g/mol. The van der Waals surface area contributed by atoms with Gasteiger partial charge in [0.2, 0.25) is 5.91 Å². The van der Waals surface area contributed by atoms with Gasteiger partial charge in [-0.3, -0.25) is 4.79 Å². The van der Waals surface area contributed by atoms with E-state index in [2.05, 4.69) is 4.98 Å². The number of halogens is 2. The number of amides is 1. The number of carbonyl (C=O) groups is 1. The average Bonchev–Trinajstić information content (AvgIpc) is 3.17. The van der Waals surface area contributed by atoms with Crippen molar-refractivity contribution in [1.29, 1.82) is 0 Å². The summed E-state index contributed by atoms with van der Waals surface area (Å²) in [6.45, 7) is 2.42. The molecule has 0 N–H and O–H groups in total. The molecular weight excluding hydrogens is 397 g/mol. The van der Waals surface area contributed by atoms with E-state index in [1.807, 2.05) is 45.5 Å². The van der Waals surface area contributed by atoms with Crippen molar-refractivity contribution >= 4 is 34.5 Å². The highest BCUT2D eigenvalue weighted by Gasteiger charge is 2.23. The third-order valence-corrected chi connectivity index (χ3v) is 5.99. The maximum Gasteiger partial charge on any atom is 0.228 e. The monoisotopic (exact) mass is 415 g/mol. The number of para-hydroxylation sites is 1. The van der Waals surface area contributed by atoms with Crippen LogP contribution in [0.2, 0.25) is 5.02 Å². The van der Waals surface area contributed by atoms with Gasteiger partial charge in [0.1, 0.15) is 10.8 Å². The first kappa shape index (κ1) is 18.9. The van der Waals surface area contributed by atoms with Crippen LogP contribution in [0, 0.1) is 5.82 Å². The van der Waals surface area contributed by atoms with E-state index in [0.29, 0.717) is 36.9 Å². The second-order valence-corrected chi connectivity index (χ2v) is 7.94. The quantitative estimate of drug-likeness (QED) is 0.629. The maximum atomic E-state index is 13.9. The number of hydrogen-bond acceptors (Lipinski definition) is 4. The molecule has 1 fully saturated rings. The zero-order chi connectivity index (χ0) is 19.5. The molecule has 0 radical (unpaired) electrons. The highest BCUT2D eigenvalue weighted by atomic mass is 35.5. The Hall–Kier alpha value is -2.44. The number of piperazine rings is 1. The van der Waals surface area contributed by atoms with Gasteiger partial charge in [-0.1, -0.05) is 35.9 Å². The second kappa shape index (κ2) is 8.29. The maximum absolute atomic E-state index is 13.9. The zero-order valence-corrected chi connectivity index (χ0v) is 16.7. The molecule has 4 nitrogen and oxygen atoms in total. The van der Waals surface area contributed by atoms with Crippen molar-refractivity contribution in [2.75, 3.05) is 31.1 Å². The zero-order valence-electron chi connectivity index (χ0n) is 15.1. The van der Waals surface area contributed by atoms with E-state index in [4.69, 9.17) is 11.6 Å². The molecule has 0 saturated carbocycles. The Bertz CT molecular complexity index is 968. The van der Waals surface area contributed by atoms with E-state index in [-0.39, 0.29) is 18.1 Å². The number of nitrogens with zero attached hydrogens (tertiary/aromatic N) is 3. The highest BCUT2D eigenvalue weighted by molar-refractivity contribution is 7.13. The van der Waals surface area contributed by atoms with Gasteiger partial charge in [0, 0.05) is 42.1 Å². The molecule has 2 heterocycles. The van der Waals surface area contributed by atoms with Crippen LogP contribution in [0.5, 0.6) is 0 Å². The molecule has 1 aliphatic rings. The summed E-state index contributed by atoms with van der Waals surface area (Å²) in [5, 5.41) is 3.49. The Balaban J connectivity index is 1.35. The molecule has 0 atom stereocenters. The van der Waals surface area contributed by atoms with Crippen LogP contribution in [-0.4, -0.2) is 42.0 Å². The molecule has 0 unspecified atom stereocenters. The van der Waals surface area contributed by atoms with E-state index < -0.39 is 0 Å². The number of aromatic nitrogens is 1. The van der Waals surface area contributed by atoms with Crippen molar-refractivity contribution in [3.8, 4) is 10.6 Å². The van der Waals surface area contributed by atoms with Crippen LogP contribution in [0.15, 0.2) is 53.9 Å². The van der Waals surface area contributed by atoms with E-state index in [1.165, 1.54) is 17.4 Å². The van der Waals surface area contributed by atoms with Crippen molar-refractivity contribution in [3.63, 3.8) is 0 Å². The lowest BCUT2D eigenvalue weighted by Crippen LogP contribution is -2.49. The summed E-state index contributed by atoms with van der Waals surface area (Å²) >= 11 is 7.45. The SMILES string of the molecule is O=C(Cc1csc(-c2ccc(Cl)cc2)n1)N1CCN(c2ccccc2F)CC1. The molecule has 3 aromatic rings. The van der Waals surface area contributed by atoms with Crippen LogP contribution in [0.3, 0.4) is 0 Å². The van der Waals surface area contributed by atoms with Gasteiger partial charge in [-0.25, -0.2) is 9.37 Å². The van der Waals surface area contributed by atoms with E-state index in [9.17, 15) is 9.18 Å². The molecule has 0 aliphatic carbocycles. The third-order valence-electron chi connectivity index (χ3n) is 4.80. The van der Waals surface area contributed by atoms with Crippen LogP contribution in [0.25, 0.3) is 10.6 Å². The van der Waals surface area contributed by atoms with Gasteiger partial charge in [-0.2, -0.15) is 0 Å². The van der Waals surface area contributed by atoms with E-state index >= 15 is 0 Å². The largest absolute Gasteiger partial charge is 0.366 e. The molecule has 144 valence electrons. The van der Waals surface area contributed by atoms with Crippen molar-refractivity contribution in [1.82, 2.24) is 9.88 Å². The summed E-state index contributed by atoms with van der Waals surface area (Å²) < 4.78 is 13.9. The van der Waals surface area contributed by atoms with Crippen molar-refractivity contribution in [2.24, 2.45) is 0 Å². The fourth-order valence-corrected chi connectivity index (χ4v) is 4.24. The van der Waals surface area contributed by atoms with Gasteiger partial charge < -0.3 is 9.80 Å². The lowest BCUT2D eigenvalue weighted by molar-refractivity contribution is -0.130. The van der Waals surface area contributed by atoms with Gasteiger partial charge in [-0.05, 0) is 24.3 Å². The van der Waals surface area contributed by atoms with E-state index in [1.54, 1.807) is 12.1 Å². The molecule has 2 aromatic carbocycles. The third kappa shape index (κ3) is 4.18. The topological polar surface area (TPSA) is 36.4 Å². The number of benzene rings is 2. The number of anilines is 1. The van der Waals surface area contributed by atoms with Gasteiger partial charge >= 0.3 is 0 Å². The molecular formula is C21H19ClFN3OS. The predicted molar refractivity (Wildman–Crippen MR) is 111 cm³/mol. The molecule has 1 aliphatic heterocycles. The van der Waals surface area contributed by atoms with Crippen molar-refractivity contribution in [2.45, 2.75) is 6.42 Å². The molecule has 1 saturated heterocycles. The molecule has 28 heavy (non-hydrogen) atoms. The van der Waals surface area contributed by atoms with Gasteiger partial charge in [0.05, 0.1) is 17.8 Å². The Morgan fingerprint density at radius 1 is 1.07 bits per heavy atom. The highest BCUT2D eigenvalue weighted by Crippen LogP contribution is 2.26. The molecule has 1 aromatic heterocycles. The number of thiazole rings is 1. The Morgan fingerprint density at radius 2 is 1.79 bits per heavy atom. The minimum atomic E-state index is -0.223. The van der Waals surface area contributed by atoms with Gasteiger partial charge in [0.15, 0.2) is 0 Å². The minimum Gasteiger partial charge on any atom is -0.366 e. The normalized spacial score (nSPS) is 14.4. The Morgan fingerprint density at radius 3 is 2.50 bits per heavy atom. The lowest BCUT2D eigenvalue weighted by Gasteiger charge is -2.36. The summed E-state index contributed by atoms with van der Waals surface area (Å²) in [7, 11) is 0. The van der Waals surface area contributed by atoms with Crippen LogP contribution >= 0.6 is 22.9 Å². The van der Waals surface area contributed by atoms with Crippen LogP contribution in [0.4, 0.5) is 10.1 Å². The summed E-state index contributed by atoms with van der Waals surface area (Å²) in [5.41, 5.74) is 2.37. The lowest BCUT2D eigenvalue weighted by atomic mass is 10.2. The smallest absolute Gasteiger partial charge is 0.228 e. The molecule has 0 spiro atoms. The molecule has 4 rings (SSSR count). The number of carbonyl (C=O) groups excluding carboxylic acids is 1. The predicted octanol–water partition coefficient (Wildman–Crippen LogP) is 4.49. The molecule has 0 bridgehead atoms. The first-order valence-corrected chi connectivity index (χ1v) is 10.3. The Kier molecular flexibility index (Phi) is 5.59. The minimum absolute atomic E-state index is 0.0566. The van der Waals surface area contributed by atoms with Crippen LogP contribution in [0.1, 0.15) is 5.69 Å². The first-order valence-electron chi connectivity index (χ1n) is 9.08.